The summed E-state index contributed by atoms with van der Waals surface area (Å²) >= 11 is 7.90. The minimum Gasteiger partial charge on any atom is -0.494 e. The van der Waals surface area contributed by atoms with Gasteiger partial charge in [-0.3, -0.25) is 0 Å². The molecule has 0 atom stereocenters. The molecule has 0 amide bonds. The Morgan fingerprint density at radius 2 is 1.79 bits per heavy atom. The summed E-state index contributed by atoms with van der Waals surface area (Å²) in [6.45, 7) is 3.51. The molecule has 29 heavy (non-hydrogen) atoms. The van der Waals surface area contributed by atoms with Crippen molar-refractivity contribution < 1.29 is 4.74 Å². The van der Waals surface area contributed by atoms with Gasteiger partial charge in [0.25, 0.3) is 0 Å². The first-order valence-electron chi connectivity index (χ1n) is 9.71. The number of thioether (sulfide) groups is 1. The van der Waals surface area contributed by atoms with Crippen molar-refractivity contribution in [1.29, 1.82) is 0 Å². The third-order valence-corrected chi connectivity index (χ3v) is 6.20. The molecule has 1 heterocycles. The Balaban J connectivity index is 1.43. The van der Waals surface area contributed by atoms with Crippen LogP contribution in [0.25, 0.3) is 11.0 Å². The van der Waals surface area contributed by atoms with E-state index in [4.69, 9.17) is 21.3 Å². The zero-order valence-electron chi connectivity index (χ0n) is 16.3. The number of rotatable bonds is 8. The highest BCUT2D eigenvalue weighted by molar-refractivity contribution is 7.98. The highest BCUT2D eigenvalue weighted by Crippen LogP contribution is 2.25. The predicted molar refractivity (Wildman–Crippen MR) is 122 cm³/mol. The second kappa shape index (κ2) is 9.38. The fourth-order valence-corrected chi connectivity index (χ4v) is 4.25. The van der Waals surface area contributed by atoms with Gasteiger partial charge >= 0.3 is 0 Å². The summed E-state index contributed by atoms with van der Waals surface area (Å²) in [6.07, 6.45) is 0.908. The molecular weight excluding hydrogens is 400 g/mol. The van der Waals surface area contributed by atoms with E-state index in [0.29, 0.717) is 6.61 Å². The van der Waals surface area contributed by atoms with Gasteiger partial charge in [0.15, 0.2) is 0 Å². The van der Waals surface area contributed by atoms with Crippen molar-refractivity contribution in [3.05, 3.63) is 89.2 Å². The molecule has 0 spiro atoms. The van der Waals surface area contributed by atoms with Crippen LogP contribution in [-0.4, -0.2) is 16.2 Å². The van der Waals surface area contributed by atoms with Gasteiger partial charge in [-0.1, -0.05) is 41.9 Å². The van der Waals surface area contributed by atoms with Crippen molar-refractivity contribution in [2.75, 3.05) is 6.61 Å². The van der Waals surface area contributed by atoms with Crippen LogP contribution in [0.1, 0.15) is 17.8 Å². The highest BCUT2D eigenvalue weighted by atomic mass is 35.5. The van der Waals surface area contributed by atoms with E-state index in [1.807, 2.05) is 49.0 Å². The fraction of sp³-hybridized carbons (Fsp3) is 0.208. The van der Waals surface area contributed by atoms with E-state index in [1.165, 1.54) is 10.4 Å². The second-order valence-electron chi connectivity index (χ2n) is 6.88. The van der Waals surface area contributed by atoms with Crippen LogP contribution < -0.4 is 4.74 Å². The SMILES string of the molecule is Cc1cc(OCCCn2c(CSc3ccccc3)nc3ccccc32)ccc1Cl. The minimum absolute atomic E-state index is 0.652. The molecule has 1 aromatic heterocycles. The third-order valence-electron chi connectivity index (χ3n) is 4.77. The van der Waals surface area contributed by atoms with Crippen molar-refractivity contribution in [1.82, 2.24) is 9.55 Å². The molecule has 148 valence electrons. The largest absolute Gasteiger partial charge is 0.494 e. The number of aryl methyl sites for hydroxylation is 2. The Bertz CT molecular complexity index is 1090. The molecule has 0 aliphatic carbocycles. The summed E-state index contributed by atoms with van der Waals surface area (Å²) in [5.41, 5.74) is 3.26. The number of nitrogens with zero attached hydrogens (tertiary/aromatic N) is 2. The summed E-state index contributed by atoms with van der Waals surface area (Å²) in [5, 5.41) is 0.766. The number of imidazole rings is 1. The van der Waals surface area contributed by atoms with E-state index in [1.54, 1.807) is 0 Å². The Morgan fingerprint density at radius 1 is 1.00 bits per heavy atom. The average molecular weight is 423 g/mol. The van der Waals surface area contributed by atoms with Crippen LogP contribution in [-0.2, 0) is 12.3 Å². The lowest BCUT2D eigenvalue weighted by Crippen LogP contribution is -2.07. The first kappa shape index (κ1) is 19.9. The quantitative estimate of drug-likeness (QED) is 0.232. The Morgan fingerprint density at radius 3 is 2.62 bits per heavy atom. The molecule has 4 aromatic rings. The summed E-state index contributed by atoms with van der Waals surface area (Å²) in [7, 11) is 0. The van der Waals surface area contributed by atoms with Crippen LogP contribution in [0, 0.1) is 6.92 Å². The molecule has 0 N–H and O–H groups in total. The molecule has 0 saturated heterocycles. The molecule has 5 heteroatoms. The van der Waals surface area contributed by atoms with E-state index in [9.17, 15) is 0 Å². The molecule has 0 radical (unpaired) electrons. The predicted octanol–water partition coefficient (Wildman–Crippen LogP) is 6.76. The number of ether oxygens (including phenoxy) is 1. The normalized spacial score (nSPS) is 11.1. The van der Waals surface area contributed by atoms with Crippen LogP contribution >= 0.6 is 23.4 Å². The number of aromatic nitrogens is 2. The van der Waals surface area contributed by atoms with E-state index < -0.39 is 0 Å². The van der Waals surface area contributed by atoms with Crippen LogP contribution in [0.15, 0.2) is 77.7 Å². The standard InChI is InChI=1S/C24H23ClN2OS/c1-18-16-19(12-13-21(18)25)28-15-7-14-27-23-11-6-5-10-22(23)26-24(27)17-29-20-8-3-2-4-9-20/h2-6,8-13,16H,7,14-15,17H2,1H3. The van der Waals surface area contributed by atoms with Gasteiger partial charge in [-0.25, -0.2) is 4.98 Å². The van der Waals surface area contributed by atoms with Crippen molar-refractivity contribution >= 4 is 34.4 Å². The number of benzene rings is 3. The van der Waals surface area contributed by atoms with Crippen molar-refractivity contribution in [3.63, 3.8) is 0 Å². The van der Waals surface area contributed by atoms with Gasteiger partial charge in [0, 0.05) is 16.5 Å². The lowest BCUT2D eigenvalue weighted by Gasteiger charge is -2.11. The molecule has 3 nitrogen and oxygen atoms in total. The zero-order valence-corrected chi connectivity index (χ0v) is 17.9. The number of fused-ring (bicyclic) bond motifs is 1. The monoisotopic (exact) mass is 422 g/mol. The molecule has 0 saturated carbocycles. The molecule has 0 unspecified atom stereocenters. The van der Waals surface area contributed by atoms with Crippen LogP contribution in [0.5, 0.6) is 5.75 Å². The molecular formula is C24H23ClN2OS. The van der Waals surface area contributed by atoms with E-state index in [-0.39, 0.29) is 0 Å². The van der Waals surface area contributed by atoms with Gasteiger partial charge in [0.1, 0.15) is 11.6 Å². The maximum absolute atomic E-state index is 6.09. The van der Waals surface area contributed by atoms with Gasteiger partial charge in [-0.05, 0) is 61.4 Å². The summed E-state index contributed by atoms with van der Waals surface area (Å²) in [5.74, 6) is 2.81. The summed E-state index contributed by atoms with van der Waals surface area (Å²) < 4.78 is 8.24. The number of hydrogen-bond donors (Lipinski definition) is 0. The smallest absolute Gasteiger partial charge is 0.120 e. The van der Waals surface area contributed by atoms with Crippen molar-refractivity contribution in [2.45, 2.75) is 30.5 Å². The van der Waals surface area contributed by atoms with Gasteiger partial charge in [0.2, 0.25) is 0 Å². The fourth-order valence-electron chi connectivity index (χ4n) is 3.27. The second-order valence-corrected chi connectivity index (χ2v) is 8.34. The highest BCUT2D eigenvalue weighted by Gasteiger charge is 2.11. The van der Waals surface area contributed by atoms with E-state index in [0.717, 1.165) is 46.4 Å². The van der Waals surface area contributed by atoms with Gasteiger partial charge < -0.3 is 9.30 Å². The molecule has 0 bridgehead atoms. The molecule has 0 aliphatic rings. The number of para-hydroxylation sites is 2. The van der Waals surface area contributed by atoms with Gasteiger partial charge in [-0.2, -0.15) is 0 Å². The Kier molecular flexibility index (Phi) is 6.43. The third kappa shape index (κ3) is 4.95. The molecule has 4 rings (SSSR count). The average Bonchev–Trinajstić information content (AvgIpc) is 3.10. The lowest BCUT2D eigenvalue weighted by molar-refractivity contribution is 0.302. The first-order valence-corrected chi connectivity index (χ1v) is 11.1. The summed E-state index contributed by atoms with van der Waals surface area (Å²) in [6, 6.07) is 24.6. The molecule has 0 aliphatic heterocycles. The van der Waals surface area contributed by atoms with Crippen molar-refractivity contribution in [2.24, 2.45) is 0 Å². The Labute approximate surface area is 180 Å². The molecule has 0 fully saturated rings. The van der Waals surface area contributed by atoms with Crippen LogP contribution in [0.2, 0.25) is 5.02 Å². The van der Waals surface area contributed by atoms with E-state index in [2.05, 4.69) is 47.0 Å². The first-order chi connectivity index (χ1) is 14.2. The van der Waals surface area contributed by atoms with Crippen LogP contribution in [0.3, 0.4) is 0 Å². The lowest BCUT2D eigenvalue weighted by atomic mass is 10.2. The summed E-state index contributed by atoms with van der Waals surface area (Å²) in [4.78, 5) is 6.13. The Hall–Kier alpha value is -2.43. The maximum Gasteiger partial charge on any atom is 0.120 e. The maximum atomic E-state index is 6.09. The number of halogens is 1. The topological polar surface area (TPSA) is 27.1 Å². The van der Waals surface area contributed by atoms with Gasteiger partial charge in [0.05, 0.1) is 23.4 Å². The zero-order chi connectivity index (χ0) is 20.1. The molecule has 3 aromatic carbocycles. The van der Waals surface area contributed by atoms with Crippen molar-refractivity contribution in [3.8, 4) is 5.75 Å². The van der Waals surface area contributed by atoms with Crippen LogP contribution in [0.4, 0.5) is 0 Å². The number of hydrogen-bond acceptors (Lipinski definition) is 3. The van der Waals surface area contributed by atoms with E-state index >= 15 is 0 Å². The minimum atomic E-state index is 0.652. The van der Waals surface area contributed by atoms with Gasteiger partial charge in [-0.15, -0.1) is 11.8 Å².